The highest BCUT2D eigenvalue weighted by Crippen LogP contribution is 2.22. The van der Waals surface area contributed by atoms with Crippen molar-refractivity contribution in [1.82, 2.24) is 4.90 Å². The zero-order valence-electron chi connectivity index (χ0n) is 11.2. The highest BCUT2D eigenvalue weighted by molar-refractivity contribution is 6.30. The quantitative estimate of drug-likeness (QED) is 0.894. The van der Waals surface area contributed by atoms with Gasteiger partial charge in [0.2, 0.25) is 0 Å². The van der Waals surface area contributed by atoms with Gasteiger partial charge in [-0.15, -0.1) is 0 Å². The molecule has 1 aromatic rings. The Morgan fingerprint density at radius 2 is 2.19 bits per heavy atom. The third-order valence-electron chi connectivity index (χ3n) is 3.36. The number of ether oxygens (including phenoxy) is 1. The highest BCUT2D eigenvalue weighted by Gasteiger charge is 2.38. The van der Waals surface area contributed by atoms with Gasteiger partial charge in [-0.2, -0.15) is 0 Å². The summed E-state index contributed by atoms with van der Waals surface area (Å²) in [6.07, 6.45) is 0. The number of nitrogens with one attached hydrogen (secondary N) is 1. The van der Waals surface area contributed by atoms with Crippen molar-refractivity contribution in [2.45, 2.75) is 6.04 Å². The van der Waals surface area contributed by atoms with Gasteiger partial charge in [-0.3, -0.25) is 4.79 Å². The van der Waals surface area contributed by atoms with Crippen molar-refractivity contribution in [2.24, 2.45) is 5.92 Å². The molecule has 1 heterocycles. The van der Waals surface area contributed by atoms with Gasteiger partial charge in [-0.05, 0) is 18.2 Å². The van der Waals surface area contributed by atoms with E-state index >= 15 is 0 Å². The number of urea groups is 1. The maximum absolute atomic E-state index is 13.6. The second-order valence-corrected chi connectivity index (χ2v) is 5.15. The first-order valence-corrected chi connectivity index (χ1v) is 6.57. The number of hydrogen-bond acceptors (Lipinski definition) is 3. The first-order chi connectivity index (χ1) is 9.90. The number of benzene rings is 1. The number of halogens is 2. The van der Waals surface area contributed by atoms with E-state index in [1.807, 2.05) is 0 Å². The molecule has 0 saturated carbocycles. The number of amides is 2. The number of aliphatic carboxylic acids is 1. The molecule has 1 aromatic carbocycles. The molecule has 0 spiro atoms. The van der Waals surface area contributed by atoms with Crippen LogP contribution in [0.2, 0.25) is 5.02 Å². The molecule has 114 valence electrons. The molecule has 0 bridgehead atoms. The predicted octanol–water partition coefficient (Wildman–Crippen LogP) is 2.04. The van der Waals surface area contributed by atoms with Crippen LogP contribution in [0, 0.1) is 11.7 Å². The van der Waals surface area contributed by atoms with Gasteiger partial charge in [0.25, 0.3) is 0 Å². The van der Waals surface area contributed by atoms with Crippen LogP contribution in [0.5, 0.6) is 0 Å². The van der Waals surface area contributed by atoms with Gasteiger partial charge in [0.05, 0.1) is 24.9 Å². The maximum Gasteiger partial charge on any atom is 0.322 e. The largest absolute Gasteiger partial charge is 0.481 e. The molecule has 8 heteroatoms. The van der Waals surface area contributed by atoms with Crippen LogP contribution >= 0.6 is 11.6 Å². The minimum Gasteiger partial charge on any atom is -0.481 e. The van der Waals surface area contributed by atoms with Crippen LogP contribution in [0.3, 0.4) is 0 Å². The van der Waals surface area contributed by atoms with Gasteiger partial charge >= 0.3 is 12.0 Å². The molecule has 0 aliphatic carbocycles. The lowest BCUT2D eigenvalue weighted by Gasteiger charge is -2.26. The topological polar surface area (TPSA) is 78.9 Å². The zero-order chi connectivity index (χ0) is 15.6. The molecular weight excluding hydrogens is 303 g/mol. The second-order valence-electron chi connectivity index (χ2n) is 4.71. The van der Waals surface area contributed by atoms with Gasteiger partial charge in [-0.25, -0.2) is 9.18 Å². The number of carbonyl (C=O) groups is 2. The van der Waals surface area contributed by atoms with Crippen molar-refractivity contribution >= 4 is 29.3 Å². The minimum absolute atomic E-state index is 0.0448. The molecule has 1 saturated heterocycles. The first kappa shape index (κ1) is 15.5. The van der Waals surface area contributed by atoms with Gasteiger partial charge < -0.3 is 20.1 Å². The number of likely N-dealkylation sites (N-methyl/N-ethyl adjacent to an activating group) is 1. The van der Waals surface area contributed by atoms with Crippen molar-refractivity contribution in [3.05, 3.63) is 29.0 Å². The van der Waals surface area contributed by atoms with Crippen molar-refractivity contribution in [3.63, 3.8) is 0 Å². The molecule has 1 aliphatic heterocycles. The summed E-state index contributed by atoms with van der Waals surface area (Å²) in [4.78, 5) is 24.4. The van der Waals surface area contributed by atoms with Crippen molar-refractivity contribution in [2.75, 3.05) is 25.6 Å². The molecule has 0 radical (unpaired) electrons. The van der Waals surface area contributed by atoms with Crippen LogP contribution in [0.1, 0.15) is 0 Å². The molecule has 0 aromatic heterocycles. The van der Waals surface area contributed by atoms with Gasteiger partial charge in [0, 0.05) is 12.1 Å². The fourth-order valence-corrected chi connectivity index (χ4v) is 2.28. The molecule has 2 amide bonds. The SMILES string of the molecule is CN(C(=O)Nc1cc(Cl)ccc1F)C1COCC1C(=O)O. The summed E-state index contributed by atoms with van der Waals surface area (Å²) < 4.78 is 18.7. The van der Waals surface area contributed by atoms with E-state index in [9.17, 15) is 14.0 Å². The van der Waals surface area contributed by atoms with Crippen LogP contribution in [-0.2, 0) is 9.53 Å². The number of anilines is 1. The molecule has 2 atom stereocenters. The van der Waals surface area contributed by atoms with Crippen LogP contribution in [0.4, 0.5) is 14.9 Å². The number of carboxylic acids is 1. The lowest BCUT2D eigenvalue weighted by Crippen LogP contribution is -2.46. The number of carbonyl (C=O) groups excluding carboxylic acids is 1. The van der Waals surface area contributed by atoms with E-state index in [0.29, 0.717) is 0 Å². The zero-order valence-corrected chi connectivity index (χ0v) is 11.9. The molecular formula is C13H14ClFN2O4. The van der Waals surface area contributed by atoms with E-state index in [2.05, 4.69) is 5.32 Å². The molecule has 2 N–H and O–H groups in total. The van der Waals surface area contributed by atoms with Crippen LogP contribution < -0.4 is 5.32 Å². The Kier molecular flexibility index (Phi) is 4.64. The lowest BCUT2D eigenvalue weighted by atomic mass is 10.0. The Labute approximate surface area is 125 Å². The Bertz CT molecular complexity index is 569. The summed E-state index contributed by atoms with van der Waals surface area (Å²) in [6.45, 7) is 0.169. The average Bonchev–Trinajstić information content (AvgIpc) is 2.91. The van der Waals surface area contributed by atoms with E-state index in [4.69, 9.17) is 21.4 Å². The van der Waals surface area contributed by atoms with E-state index in [-0.39, 0.29) is 23.9 Å². The van der Waals surface area contributed by atoms with Crippen molar-refractivity contribution in [1.29, 1.82) is 0 Å². The summed E-state index contributed by atoms with van der Waals surface area (Å²) in [7, 11) is 1.44. The molecule has 2 unspecified atom stereocenters. The summed E-state index contributed by atoms with van der Waals surface area (Å²) >= 11 is 5.74. The number of nitrogens with zero attached hydrogens (tertiary/aromatic N) is 1. The molecule has 1 aliphatic rings. The normalized spacial score (nSPS) is 21.1. The first-order valence-electron chi connectivity index (χ1n) is 6.19. The highest BCUT2D eigenvalue weighted by atomic mass is 35.5. The van der Waals surface area contributed by atoms with Crippen LogP contribution in [0.25, 0.3) is 0 Å². The summed E-state index contributed by atoms with van der Waals surface area (Å²) in [5.41, 5.74) is -0.0647. The van der Waals surface area contributed by atoms with E-state index in [1.165, 1.54) is 24.1 Å². The van der Waals surface area contributed by atoms with Crippen molar-refractivity contribution < 1.29 is 23.8 Å². The number of rotatable bonds is 3. The third-order valence-corrected chi connectivity index (χ3v) is 3.59. The molecule has 2 rings (SSSR count). The Morgan fingerprint density at radius 3 is 2.86 bits per heavy atom. The molecule has 6 nitrogen and oxygen atoms in total. The Hall–Kier alpha value is -1.86. The number of carboxylic acid groups (broad SMARTS) is 1. The van der Waals surface area contributed by atoms with Crippen molar-refractivity contribution in [3.8, 4) is 0 Å². The Balaban J connectivity index is 2.09. The third kappa shape index (κ3) is 3.43. The summed E-state index contributed by atoms with van der Waals surface area (Å²) in [5.74, 6) is -2.46. The Morgan fingerprint density at radius 1 is 1.48 bits per heavy atom. The summed E-state index contributed by atoms with van der Waals surface area (Å²) in [6, 6.07) is 2.54. The maximum atomic E-state index is 13.6. The monoisotopic (exact) mass is 316 g/mol. The molecule has 1 fully saturated rings. The van der Waals surface area contributed by atoms with Crippen LogP contribution in [-0.4, -0.2) is 48.3 Å². The average molecular weight is 317 g/mol. The fraction of sp³-hybridized carbons (Fsp3) is 0.385. The smallest absolute Gasteiger partial charge is 0.322 e. The van der Waals surface area contributed by atoms with E-state index < -0.39 is 29.8 Å². The van der Waals surface area contributed by atoms with E-state index in [0.717, 1.165) is 6.07 Å². The summed E-state index contributed by atoms with van der Waals surface area (Å²) in [5, 5.41) is 11.7. The fourth-order valence-electron chi connectivity index (χ4n) is 2.11. The van der Waals surface area contributed by atoms with Gasteiger partial charge in [0.1, 0.15) is 11.7 Å². The van der Waals surface area contributed by atoms with Gasteiger partial charge in [-0.1, -0.05) is 11.6 Å². The number of hydrogen-bond donors (Lipinski definition) is 2. The molecule has 21 heavy (non-hydrogen) atoms. The standard InChI is InChI=1S/C13H14ClFN2O4/c1-17(11-6-21-5-8(11)12(18)19)13(20)16-10-4-7(14)2-3-9(10)15/h2-4,8,11H,5-6H2,1H3,(H,16,20)(H,18,19). The lowest BCUT2D eigenvalue weighted by molar-refractivity contribution is -0.142. The van der Waals surface area contributed by atoms with Gasteiger partial charge in [0.15, 0.2) is 0 Å². The van der Waals surface area contributed by atoms with E-state index in [1.54, 1.807) is 0 Å². The second kappa shape index (κ2) is 6.28. The minimum atomic E-state index is -1.04. The van der Waals surface area contributed by atoms with Crippen LogP contribution in [0.15, 0.2) is 18.2 Å². The predicted molar refractivity (Wildman–Crippen MR) is 73.9 cm³/mol.